The van der Waals surface area contributed by atoms with Crippen molar-refractivity contribution in [3.63, 3.8) is 0 Å². The topological polar surface area (TPSA) is 68.6 Å². The summed E-state index contributed by atoms with van der Waals surface area (Å²) in [7, 11) is 1.65. The first-order chi connectivity index (χ1) is 9.36. The van der Waals surface area contributed by atoms with Gasteiger partial charge in [0, 0.05) is 11.9 Å². The number of methoxy groups -OCH3 is 1. The fraction of sp³-hybridized carbons (Fsp3) is 0.0833. The first-order valence-electron chi connectivity index (χ1n) is 5.60. The highest BCUT2D eigenvalue weighted by atomic mass is 32.2. The van der Waals surface area contributed by atoms with Crippen LogP contribution >= 0.6 is 11.8 Å². The standard InChI is InChI=1S/C12H11N5OS/c1-18-10-6-4-9(5-7-10)17-8-2-3-11(17)19-12-13-15-16-14-12/h2-8H,1H3,(H,13,14,15,16). The van der Waals surface area contributed by atoms with Gasteiger partial charge in [0.25, 0.3) is 0 Å². The number of rotatable bonds is 4. The lowest BCUT2D eigenvalue weighted by molar-refractivity contribution is 0.414. The molecule has 0 aliphatic rings. The maximum absolute atomic E-state index is 5.16. The van der Waals surface area contributed by atoms with Crippen LogP contribution in [0.3, 0.4) is 0 Å². The van der Waals surface area contributed by atoms with Gasteiger partial charge in [0.2, 0.25) is 5.16 Å². The lowest BCUT2D eigenvalue weighted by atomic mass is 10.3. The summed E-state index contributed by atoms with van der Waals surface area (Å²) in [6, 6.07) is 11.8. The third-order valence-corrected chi connectivity index (χ3v) is 3.48. The van der Waals surface area contributed by atoms with Gasteiger partial charge < -0.3 is 9.30 Å². The van der Waals surface area contributed by atoms with Crippen LogP contribution in [0.5, 0.6) is 5.75 Å². The molecule has 1 aromatic carbocycles. The van der Waals surface area contributed by atoms with Crippen LogP contribution in [0.4, 0.5) is 0 Å². The van der Waals surface area contributed by atoms with E-state index in [-0.39, 0.29) is 0 Å². The zero-order valence-corrected chi connectivity index (χ0v) is 11.0. The number of nitrogens with zero attached hydrogens (tertiary/aromatic N) is 4. The number of aromatic amines is 1. The zero-order valence-electron chi connectivity index (χ0n) is 10.1. The fourth-order valence-electron chi connectivity index (χ4n) is 1.69. The first kappa shape index (κ1) is 11.8. The molecule has 2 heterocycles. The molecule has 0 aliphatic carbocycles. The number of tetrazole rings is 1. The monoisotopic (exact) mass is 273 g/mol. The van der Waals surface area contributed by atoms with Gasteiger partial charge in [0.1, 0.15) is 5.75 Å². The predicted molar refractivity (Wildman–Crippen MR) is 70.6 cm³/mol. The Hall–Kier alpha value is -2.28. The van der Waals surface area contributed by atoms with Gasteiger partial charge in [-0.1, -0.05) is 0 Å². The summed E-state index contributed by atoms with van der Waals surface area (Å²) in [4.78, 5) is 0. The Bertz CT molecular complexity index is 647. The van der Waals surface area contributed by atoms with Crippen molar-refractivity contribution in [3.05, 3.63) is 42.6 Å². The maximum atomic E-state index is 5.16. The Morgan fingerprint density at radius 1 is 1.21 bits per heavy atom. The minimum atomic E-state index is 0.591. The van der Waals surface area contributed by atoms with Gasteiger partial charge in [-0.15, -0.1) is 10.2 Å². The molecular formula is C12H11N5OS. The molecule has 1 N–H and O–H groups in total. The van der Waals surface area contributed by atoms with E-state index in [9.17, 15) is 0 Å². The molecular weight excluding hydrogens is 262 g/mol. The molecule has 0 unspecified atom stereocenters. The van der Waals surface area contributed by atoms with Crippen LogP contribution in [0.15, 0.2) is 52.8 Å². The van der Waals surface area contributed by atoms with Crippen molar-refractivity contribution in [2.45, 2.75) is 10.2 Å². The van der Waals surface area contributed by atoms with E-state index in [4.69, 9.17) is 4.74 Å². The predicted octanol–water partition coefficient (Wildman–Crippen LogP) is 2.15. The Morgan fingerprint density at radius 2 is 2.05 bits per heavy atom. The smallest absolute Gasteiger partial charge is 0.237 e. The van der Waals surface area contributed by atoms with Crippen molar-refractivity contribution >= 4 is 11.8 Å². The molecule has 3 rings (SSSR count). The second-order valence-electron chi connectivity index (χ2n) is 3.71. The molecule has 0 bridgehead atoms. The molecule has 0 radical (unpaired) electrons. The van der Waals surface area contributed by atoms with Crippen LogP contribution in [0.25, 0.3) is 5.69 Å². The largest absolute Gasteiger partial charge is 0.497 e. The normalized spacial score (nSPS) is 10.6. The molecule has 6 nitrogen and oxygen atoms in total. The maximum Gasteiger partial charge on any atom is 0.237 e. The molecule has 0 saturated carbocycles. The molecule has 19 heavy (non-hydrogen) atoms. The lowest BCUT2D eigenvalue weighted by Gasteiger charge is -2.08. The van der Waals surface area contributed by atoms with Gasteiger partial charge in [-0.25, -0.2) is 0 Å². The van der Waals surface area contributed by atoms with Crippen molar-refractivity contribution in [2.24, 2.45) is 0 Å². The molecule has 0 fully saturated rings. The van der Waals surface area contributed by atoms with Gasteiger partial charge in [0.15, 0.2) is 0 Å². The van der Waals surface area contributed by atoms with Crippen molar-refractivity contribution < 1.29 is 4.74 Å². The van der Waals surface area contributed by atoms with Crippen LogP contribution in [-0.4, -0.2) is 32.3 Å². The summed E-state index contributed by atoms with van der Waals surface area (Å²) in [6.45, 7) is 0. The van der Waals surface area contributed by atoms with Gasteiger partial charge in [0.05, 0.1) is 12.1 Å². The van der Waals surface area contributed by atoms with E-state index < -0.39 is 0 Å². The van der Waals surface area contributed by atoms with E-state index in [0.29, 0.717) is 5.16 Å². The lowest BCUT2D eigenvalue weighted by Crippen LogP contribution is -1.94. The average Bonchev–Trinajstić information content (AvgIpc) is 3.11. The van der Waals surface area contributed by atoms with Crippen LogP contribution in [0, 0.1) is 0 Å². The Labute approximate surface area is 113 Å². The number of H-pyrrole nitrogens is 1. The first-order valence-corrected chi connectivity index (χ1v) is 6.41. The summed E-state index contributed by atoms with van der Waals surface area (Å²) in [6.07, 6.45) is 1.99. The third kappa shape index (κ3) is 2.45. The molecule has 0 spiro atoms. The van der Waals surface area contributed by atoms with E-state index in [1.807, 2.05) is 42.6 Å². The van der Waals surface area contributed by atoms with Gasteiger partial charge in [-0.3, -0.25) is 0 Å². The highest BCUT2D eigenvalue weighted by Crippen LogP contribution is 2.27. The molecule has 0 amide bonds. The summed E-state index contributed by atoms with van der Waals surface area (Å²) < 4.78 is 7.21. The van der Waals surface area contributed by atoms with Crippen LogP contribution in [0.2, 0.25) is 0 Å². The molecule has 96 valence electrons. The van der Waals surface area contributed by atoms with Gasteiger partial charge in [-0.05, 0) is 53.4 Å². The number of benzene rings is 1. The van der Waals surface area contributed by atoms with E-state index in [1.54, 1.807) is 7.11 Å². The number of aromatic nitrogens is 5. The molecule has 2 aromatic heterocycles. The van der Waals surface area contributed by atoms with E-state index in [1.165, 1.54) is 11.8 Å². The van der Waals surface area contributed by atoms with Gasteiger partial charge in [-0.2, -0.15) is 5.21 Å². The SMILES string of the molecule is COc1ccc(-n2cccc2Sc2nn[nH]n2)cc1. The second-order valence-corrected chi connectivity index (χ2v) is 4.70. The Balaban J connectivity index is 1.90. The molecule has 0 atom stereocenters. The summed E-state index contributed by atoms with van der Waals surface area (Å²) in [5, 5.41) is 15.5. The summed E-state index contributed by atoms with van der Waals surface area (Å²) >= 11 is 1.45. The van der Waals surface area contributed by atoms with Crippen LogP contribution < -0.4 is 4.74 Å². The second kappa shape index (κ2) is 5.15. The Kier molecular flexibility index (Phi) is 3.20. The van der Waals surface area contributed by atoms with Crippen LogP contribution in [0.1, 0.15) is 0 Å². The van der Waals surface area contributed by atoms with E-state index in [0.717, 1.165) is 16.5 Å². The molecule has 3 aromatic rings. The quantitative estimate of drug-likeness (QED) is 0.788. The minimum absolute atomic E-state index is 0.591. The molecule has 7 heteroatoms. The summed E-state index contributed by atoms with van der Waals surface area (Å²) in [5.74, 6) is 0.836. The van der Waals surface area contributed by atoms with E-state index in [2.05, 4.69) is 25.2 Å². The average molecular weight is 273 g/mol. The molecule has 0 aliphatic heterocycles. The highest BCUT2D eigenvalue weighted by molar-refractivity contribution is 7.99. The number of hydrogen-bond acceptors (Lipinski definition) is 5. The number of ether oxygens (including phenoxy) is 1. The fourth-order valence-corrected chi connectivity index (χ4v) is 2.46. The van der Waals surface area contributed by atoms with Crippen molar-refractivity contribution in [1.29, 1.82) is 0 Å². The number of hydrogen-bond donors (Lipinski definition) is 1. The minimum Gasteiger partial charge on any atom is -0.497 e. The highest BCUT2D eigenvalue weighted by Gasteiger charge is 2.08. The van der Waals surface area contributed by atoms with Crippen LogP contribution in [-0.2, 0) is 0 Å². The zero-order chi connectivity index (χ0) is 13.1. The third-order valence-electron chi connectivity index (χ3n) is 2.58. The summed E-state index contributed by atoms with van der Waals surface area (Å²) in [5.41, 5.74) is 1.05. The van der Waals surface area contributed by atoms with E-state index >= 15 is 0 Å². The van der Waals surface area contributed by atoms with Crippen molar-refractivity contribution in [3.8, 4) is 11.4 Å². The number of nitrogens with one attached hydrogen (secondary N) is 1. The van der Waals surface area contributed by atoms with Crippen molar-refractivity contribution in [2.75, 3.05) is 7.11 Å². The molecule has 0 saturated heterocycles. The van der Waals surface area contributed by atoms with Crippen molar-refractivity contribution in [1.82, 2.24) is 25.2 Å². The Morgan fingerprint density at radius 3 is 2.74 bits per heavy atom. The van der Waals surface area contributed by atoms with Gasteiger partial charge >= 0.3 is 0 Å².